The molecule has 4 heteroatoms. The van der Waals surface area contributed by atoms with Crippen LogP contribution in [0, 0.1) is 0 Å². The van der Waals surface area contributed by atoms with Crippen LogP contribution in [0.1, 0.15) is 50.4 Å². The Balaban J connectivity index is 2.34. The summed E-state index contributed by atoms with van der Waals surface area (Å²) in [7, 11) is 0. The van der Waals surface area contributed by atoms with E-state index in [1.165, 1.54) is 12.8 Å². The summed E-state index contributed by atoms with van der Waals surface area (Å²) in [5.41, 5.74) is 0.570. The van der Waals surface area contributed by atoms with Crippen molar-refractivity contribution in [3.05, 3.63) is 29.8 Å². The minimum atomic E-state index is -0.273. The van der Waals surface area contributed by atoms with E-state index < -0.39 is 0 Å². The van der Waals surface area contributed by atoms with E-state index in [-0.39, 0.29) is 5.97 Å². The van der Waals surface area contributed by atoms with Crippen molar-refractivity contribution < 1.29 is 14.3 Å². The molecular formula is C18H29NO3. The molecule has 0 amide bonds. The number of carbonyl (C=O) groups excluding carboxylic acids is 1. The second kappa shape index (κ2) is 11.1. The number of esters is 1. The average Bonchev–Trinajstić information content (AvgIpc) is 2.56. The Morgan fingerprint density at radius 1 is 1.00 bits per heavy atom. The maximum absolute atomic E-state index is 11.9. The summed E-state index contributed by atoms with van der Waals surface area (Å²) in [6, 6.07) is 7.17. The van der Waals surface area contributed by atoms with E-state index in [4.69, 9.17) is 9.47 Å². The zero-order chi connectivity index (χ0) is 16.2. The van der Waals surface area contributed by atoms with Gasteiger partial charge < -0.3 is 14.4 Å². The molecule has 0 aliphatic rings. The van der Waals surface area contributed by atoms with Gasteiger partial charge in [-0.1, -0.05) is 33.6 Å². The van der Waals surface area contributed by atoms with Gasteiger partial charge >= 0.3 is 5.97 Å². The van der Waals surface area contributed by atoms with E-state index in [2.05, 4.69) is 25.7 Å². The van der Waals surface area contributed by atoms with Gasteiger partial charge in [0.1, 0.15) is 12.4 Å². The number of ether oxygens (including phenoxy) is 2. The fraction of sp³-hybridized carbons (Fsp3) is 0.611. The van der Waals surface area contributed by atoms with Gasteiger partial charge in [-0.25, -0.2) is 4.79 Å². The van der Waals surface area contributed by atoms with E-state index in [1.807, 2.05) is 12.1 Å². The normalized spacial score (nSPS) is 10.7. The first-order valence-electron chi connectivity index (χ1n) is 8.33. The molecule has 0 bridgehead atoms. The highest BCUT2D eigenvalue weighted by molar-refractivity contribution is 5.89. The lowest BCUT2D eigenvalue weighted by molar-refractivity contribution is 0.0466. The number of unbranched alkanes of at least 4 members (excludes halogenated alkanes) is 2. The molecule has 0 atom stereocenters. The van der Waals surface area contributed by atoms with Crippen LogP contribution in [-0.2, 0) is 4.74 Å². The van der Waals surface area contributed by atoms with Crippen LogP contribution in [-0.4, -0.2) is 43.7 Å². The average molecular weight is 307 g/mol. The second-order valence-electron chi connectivity index (χ2n) is 5.24. The van der Waals surface area contributed by atoms with Crippen LogP contribution in [0.15, 0.2) is 24.3 Å². The minimum absolute atomic E-state index is 0.273. The molecule has 1 rings (SSSR count). The van der Waals surface area contributed by atoms with Gasteiger partial charge in [-0.05, 0) is 43.8 Å². The number of hydrogen-bond acceptors (Lipinski definition) is 4. The predicted octanol–water partition coefficient (Wildman–Crippen LogP) is 3.75. The molecule has 124 valence electrons. The summed E-state index contributed by atoms with van der Waals surface area (Å²) in [6.07, 6.45) is 3.42. The number of nitrogens with zero attached hydrogens (tertiary/aromatic N) is 1. The largest absolute Gasteiger partial charge is 0.494 e. The van der Waals surface area contributed by atoms with E-state index >= 15 is 0 Å². The number of carbonyl (C=O) groups is 1. The number of benzene rings is 1. The van der Waals surface area contributed by atoms with Gasteiger partial charge in [0.15, 0.2) is 0 Å². The molecule has 0 fully saturated rings. The molecule has 0 aliphatic carbocycles. The highest BCUT2D eigenvalue weighted by Gasteiger charge is 2.08. The zero-order valence-corrected chi connectivity index (χ0v) is 14.1. The van der Waals surface area contributed by atoms with Gasteiger partial charge in [0.25, 0.3) is 0 Å². The van der Waals surface area contributed by atoms with Crippen LogP contribution in [0.25, 0.3) is 0 Å². The summed E-state index contributed by atoms with van der Waals surface area (Å²) < 4.78 is 10.9. The standard InChI is InChI=1S/C18H29NO3/c1-4-7-8-14-21-17-11-9-16(10-12-17)18(20)22-15-13-19(5-2)6-3/h9-12H,4-8,13-15H2,1-3H3. The summed E-state index contributed by atoms with van der Waals surface area (Å²) in [5, 5.41) is 0. The molecule has 0 unspecified atom stereocenters. The number of hydrogen-bond donors (Lipinski definition) is 0. The topological polar surface area (TPSA) is 38.8 Å². The number of likely N-dealkylation sites (N-methyl/N-ethyl adjacent to an activating group) is 1. The molecule has 0 aromatic heterocycles. The van der Waals surface area contributed by atoms with Crippen LogP contribution < -0.4 is 4.74 Å². The zero-order valence-electron chi connectivity index (χ0n) is 14.1. The summed E-state index contributed by atoms with van der Waals surface area (Å²) >= 11 is 0. The predicted molar refractivity (Wildman–Crippen MR) is 89.5 cm³/mol. The Kier molecular flexibility index (Phi) is 9.31. The molecule has 1 aromatic carbocycles. The van der Waals surface area contributed by atoms with Crippen LogP contribution in [0.4, 0.5) is 0 Å². The molecule has 4 nitrogen and oxygen atoms in total. The molecule has 0 radical (unpaired) electrons. The molecular weight excluding hydrogens is 278 g/mol. The molecule has 0 spiro atoms. The summed E-state index contributed by atoms with van der Waals surface area (Å²) in [4.78, 5) is 14.2. The van der Waals surface area contributed by atoms with Crippen molar-refractivity contribution in [1.82, 2.24) is 4.90 Å². The van der Waals surface area contributed by atoms with Crippen molar-refractivity contribution in [2.75, 3.05) is 32.8 Å². The van der Waals surface area contributed by atoms with Gasteiger partial charge in [0.05, 0.1) is 12.2 Å². The molecule has 0 saturated heterocycles. The first-order valence-corrected chi connectivity index (χ1v) is 8.33. The molecule has 0 heterocycles. The highest BCUT2D eigenvalue weighted by atomic mass is 16.5. The molecule has 0 aliphatic heterocycles. The summed E-state index contributed by atoms with van der Waals surface area (Å²) in [6.45, 7) is 10.2. The van der Waals surface area contributed by atoms with E-state index in [0.717, 1.165) is 38.4 Å². The monoisotopic (exact) mass is 307 g/mol. The lowest BCUT2D eigenvalue weighted by Crippen LogP contribution is -2.27. The van der Waals surface area contributed by atoms with Gasteiger partial charge in [-0.3, -0.25) is 0 Å². The molecule has 0 N–H and O–H groups in total. The Labute approximate surface area is 134 Å². The fourth-order valence-electron chi connectivity index (χ4n) is 2.12. The maximum atomic E-state index is 11.9. The molecule has 22 heavy (non-hydrogen) atoms. The summed E-state index contributed by atoms with van der Waals surface area (Å²) in [5.74, 6) is 0.528. The van der Waals surface area contributed by atoms with Gasteiger partial charge in [-0.2, -0.15) is 0 Å². The Bertz CT molecular complexity index is 413. The Hall–Kier alpha value is -1.55. The maximum Gasteiger partial charge on any atom is 0.338 e. The Morgan fingerprint density at radius 2 is 1.68 bits per heavy atom. The van der Waals surface area contributed by atoms with Crippen molar-refractivity contribution >= 4 is 5.97 Å². The van der Waals surface area contributed by atoms with Crippen LogP contribution in [0.3, 0.4) is 0 Å². The van der Waals surface area contributed by atoms with E-state index in [1.54, 1.807) is 12.1 Å². The van der Waals surface area contributed by atoms with Crippen molar-refractivity contribution in [2.45, 2.75) is 40.0 Å². The number of rotatable bonds is 11. The van der Waals surface area contributed by atoms with Gasteiger partial charge in [0.2, 0.25) is 0 Å². The van der Waals surface area contributed by atoms with Gasteiger partial charge in [-0.15, -0.1) is 0 Å². The van der Waals surface area contributed by atoms with E-state index in [0.29, 0.717) is 12.2 Å². The third-order valence-corrected chi connectivity index (χ3v) is 3.64. The lowest BCUT2D eigenvalue weighted by atomic mass is 10.2. The second-order valence-corrected chi connectivity index (χ2v) is 5.24. The lowest BCUT2D eigenvalue weighted by Gasteiger charge is -2.17. The van der Waals surface area contributed by atoms with E-state index in [9.17, 15) is 4.79 Å². The van der Waals surface area contributed by atoms with Crippen molar-refractivity contribution in [3.63, 3.8) is 0 Å². The minimum Gasteiger partial charge on any atom is -0.494 e. The molecule has 0 saturated carbocycles. The third-order valence-electron chi connectivity index (χ3n) is 3.64. The van der Waals surface area contributed by atoms with Crippen LogP contribution in [0.5, 0.6) is 5.75 Å². The first-order chi connectivity index (χ1) is 10.7. The van der Waals surface area contributed by atoms with Crippen LogP contribution >= 0.6 is 0 Å². The third kappa shape index (κ3) is 6.94. The quantitative estimate of drug-likeness (QED) is 0.461. The van der Waals surface area contributed by atoms with Crippen molar-refractivity contribution in [3.8, 4) is 5.75 Å². The van der Waals surface area contributed by atoms with Gasteiger partial charge in [0, 0.05) is 6.54 Å². The van der Waals surface area contributed by atoms with Crippen molar-refractivity contribution in [2.24, 2.45) is 0 Å². The smallest absolute Gasteiger partial charge is 0.338 e. The first kappa shape index (κ1) is 18.5. The van der Waals surface area contributed by atoms with Crippen LogP contribution in [0.2, 0.25) is 0 Å². The molecule has 1 aromatic rings. The fourth-order valence-corrected chi connectivity index (χ4v) is 2.12. The van der Waals surface area contributed by atoms with Crippen molar-refractivity contribution in [1.29, 1.82) is 0 Å². The Morgan fingerprint density at radius 3 is 2.27 bits per heavy atom. The SMILES string of the molecule is CCCCCOc1ccc(C(=O)OCCN(CC)CC)cc1. The highest BCUT2D eigenvalue weighted by Crippen LogP contribution is 2.13.